The number of aryl methyl sites for hydroxylation is 1. The van der Waals surface area contributed by atoms with Gasteiger partial charge in [-0.2, -0.15) is 10.2 Å². The van der Waals surface area contributed by atoms with Crippen molar-refractivity contribution < 1.29 is 4.39 Å². The lowest BCUT2D eigenvalue weighted by atomic mass is 10.3. The lowest BCUT2D eigenvalue weighted by Crippen LogP contribution is -2.05. The summed E-state index contributed by atoms with van der Waals surface area (Å²) in [5.74, 6) is 0. The third-order valence-corrected chi connectivity index (χ3v) is 3.07. The zero-order chi connectivity index (χ0) is 13.8. The topological polar surface area (TPSA) is 47.7 Å². The molecular weight excluding hydrogens is 245 g/mol. The monoisotopic (exact) mass is 265 g/mol. The van der Waals surface area contributed by atoms with E-state index in [-0.39, 0.29) is 0 Å². The van der Waals surface area contributed by atoms with E-state index >= 15 is 0 Å². The molecule has 0 unspecified atom stereocenters. The maximum Gasteiger partial charge on any atom is 0.109 e. The van der Waals surface area contributed by atoms with Crippen LogP contribution in [0.3, 0.4) is 0 Å². The van der Waals surface area contributed by atoms with Crippen LogP contribution in [-0.4, -0.2) is 26.2 Å². The quantitative estimate of drug-likeness (QED) is 0.873. The van der Waals surface area contributed by atoms with Gasteiger partial charge in [-0.25, -0.2) is 4.39 Å². The molecule has 6 heteroatoms. The summed E-state index contributed by atoms with van der Waals surface area (Å²) >= 11 is 0. The van der Waals surface area contributed by atoms with Crippen LogP contribution in [0.15, 0.2) is 18.6 Å². The Morgan fingerprint density at radius 3 is 2.74 bits per heavy atom. The molecule has 0 aliphatic carbocycles. The number of hydrogen-bond acceptors (Lipinski definition) is 3. The Morgan fingerprint density at radius 2 is 2.11 bits per heavy atom. The summed E-state index contributed by atoms with van der Waals surface area (Å²) in [6.45, 7) is 6.71. The lowest BCUT2D eigenvalue weighted by molar-refractivity contribution is 0.423. The Labute approximate surface area is 112 Å². The van der Waals surface area contributed by atoms with Crippen LogP contribution in [0.2, 0.25) is 0 Å². The summed E-state index contributed by atoms with van der Waals surface area (Å²) in [5, 5.41) is 11.7. The van der Waals surface area contributed by atoms with E-state index in [1.165, 1.54) is 0 Å². The standard InChI is InChI=1S/C13H20FN5/c1-10(2)19-9-12(7-16-19)6-15-13-8-17-18(5-4-14)11(13)3/h7-10,15H,4-6H2,1-3H3. The van der Waals surface area contributed by atoms with E-state index in [0.717, 1.165) is 16.9 Å². The van der Waals surface area contributed by atoms with Crippen LogP contribution >= 0.6 is 0 Å². The molecule has 0 amide bonds. The molecule has 2 heterocycles. The van der Waals surface area contributed by atoms with Crippen LogP contribution in [0, 0.1) is 6.92 Å². The van der Waals surface area contributed by atoms with Crippen molar-refractivity contribution in [3.63, 3.8) is 0 Å². The summed E-state index contributed by atoms with van der Waals surface area (Å²) in [6, 6.07) is 0.364. The minimum absolute atomic E-state index is 0.304. The lowest BCUT2D eigenvalue weighted by Gasteiger charge is -2.05. The number of aromatic nitrogens is 4. The second-order valence-corrected chi connectivity index (χ2v) is 4.83. The minimum Gasteiger partial charge on any atom is -0.378 e. The molecule has 0 aromatic carbocycles. The molecule has 104 valence electrons. The highest BCUT2D eigenvalue weighted by molar-refractivity contribution is 5.46. The number of anilines is 1. The molecule has 2 aromatic heterocycles. The molecule has 0 bridgehead atoms. The smallest absolute Gasteiger partial charge is 0.109 e. The second kappa shape index (κ2) is 5.86. The molecule has 1 N–H and O–H groups in total. The fraction of sp³-hybridized carbons (Fsp3) is 0.538. The van der Waals surface area contributed by atoms with Crippen molar-refractivity contribution in [3.05, 3.63) is 29.8 Å². The van der Waals surface area contributed by atoms with Crippen molar-refractivity contribution >= 4 is 5.69 Å². The van der Waals surface area contributed by atoms with Gasteiger partial charge in [0.05, 0.1) is 30.3 Å². The van der Waals surface area contributed by atoms with Crippen molar-refractivity contribution in [2.75, 3.05) is 12.0 Å². The summed E-state index contributed by atoms with van der Waals surface area (Å²) in [6.07, 6.45) is 5.62. The summed E-state index contributed by atoms with van der Waals surface area (Å²) in [5.41, 5.74) is 3.01. The third-order valence-electron chi connectivity index (χ3n) is 3.07. The Bertz CT molecular complexity index is 529. The van der Waals surface area contributed by atoms with Gasteiger partial charge in [-0.15, -0.1) is 0 Å². The molecule has 5 nitrogen and oxygen atoms in total. The van der Waals surface area contributed by atoms with Crippen LogP contribution < -0.4 is 5.32 Å². The first-order valence-electron chi connectivity index (χ1n) is 6.47. The average molecular weight is 265 g/mol. The van der Waals surface area contributed by atoms with E-state index in [2.05, 4.69) is 29.4 Å². The highest BCUT2D eigenvalue weighted by atomic mass is 19.1. The van der Waals surface area contributed by atoms with Gasteiger partial charge in [0.2, 0.25) is 0 Å². The molecule has 0 atom stereocenters. The second-order valence-electron chi connectivity index (χ2n) is 4.83. The number of nitrogens with one attached hydrogen (secondary N) is 1. The van der Waals surface area contributed by atoms with Gasteiger partial charge in [-0.1, -0.05) is 0 Å². The normalized spacial score (nSPS) is 11.2. The molecule has 0 saturated heterocycles. The van der Waals surface area contributed by atoms with Crippen molar-refractivity contribution in [2.24, 2.45) is 0 Å². The van der Waals surface area contributed by atoms with E-state index in [1.807, 2.05) is 24.0 Å². The van der Waals surface area contributed by atoms with Crippen molar-refractivity contribution in [1.29, 1.82) is 0 Å². The van der Waals surface area contributed by atoms with Gasteiger partial charge in [0.15, 0.2) is 0 Å². The van der Waals surface area contributed by atoms with Crippen LogP contribution in [0.4, 0.5) is 10.1 Å². The molecule has 2 aromatic rings. The Balaban J connectivity index is 1.98. The summed E-state index contributed by atoms with van der Waals surface area (Å²) in [7, 11) is 0. The van der Waals surface area contributed by atoms with Gasteiger partial charge < -0.3 is 5.32 Å². The highest BCUT2D eigenvalue weighted by Gasteiger charge is 2.07. The molecule has 19 heavy (non-hydrogen) atoms. The average Bonchev–Trinajstić information content (AvgIpc) is 2.97. The number of nitrogens with zero attached hydrogens (tertiary/aromatic N) is 4. The Kier molecular flexibility index (Phi) is 4.19. The molecule has 0 aliphatic rings. The largest absolute Gasteiger partial charge is 0.378 e. The van der Waals surface area contributed by atoms with E-state index in [4.69, 9.17) is 0 Å². The molecule has 2 rings (SSSR count). The van der Waals surface area contributed by atoms with Crippen LogP contribution in [0.1, 0.15) is 31.1 Å². The predicted octanol–water partition coefficient (Wildman–Crippen LogP) is 2.55. The van der Waals surface area contributed by atoms with Gasteiger partial charge in [-0.3, -0.25) is 9.36 Å². The molecule has 0 aliphatic heterocycles. The van der Waals surface area contributed by atoms with E-state index < -0.39 is 6.67 Å². The van der Waals surface area contributed by atoms with Crippen molar-refractivity contribution in [2.45, 2.75) is 39.9 Å². The fourth-order valence-corrected chi connectivity index (χ4v) is 1.87. The predicted molar refractivity (Wildman–Crippen MR) is 72.9 cm³/mol. The van der Waals surface area contributed by atoms with Crippen LogP contribution in [0.25, 0.3) is 0 Å². The Morgan fingerprint density at radius 1 is 1.32 bits per heavy atom. The molecule has 0 radical (unpaired) electrons. The zero-order valence-corrected chi connectivity index (χ0v) is 11.6. The number of alkyl halides is 1. The maximum absolute atomic E-state index is 12.3. The van der Waals surface area contributed by atoms with Gasteiger partial charge in [0.25, 0.3) is 0 Å². The SMILES string of the molecule is Cc1c(NCc2cnn(C(C)C)c2)cnn1CCF. The van der Waals surface area contributed by atoms with E-state index in [0.29, 0.717) is 19.1 Å². The van der Waals surface area contributed by atoms with E-state index in [1.54, 1.807) is 10.9 Å². The van der Waals surface area contributed by atoms with Gasteiger partial charge in [-0.05, 0) is 20.8 Å². The van der Waals surface area contributed by atoms with Crippen molar-refractivity contribution in [1.82, 2.24) is 19.6 Å². The van der Waals surface area contributed by atoms with Crippen LogP contribution in [-0.2, 0) is 13.1 Å². The van der Waals surface area contributed by atoms with Gasteiger partial charge in [0.1, 0.15) is 6.67 Å². The summed E-state index contributed by atoms with van der Waals surface area (Å²) < 4.78 is 15.9. The molecule has 0 saturated carbocycles. The number of halogens is 1. The fourth-order valence-electron chi connectivity index (χ4n) is 1.87. The minimum atomic E-state index is -0.400. The first-order chi connectivity index (χ1) is 9.11. The molecule has 0 fully saturated rings. The van der Waals surface area contributed by atoms with Crippen molar-refractivity contribution in [3.8, 4) is 0 Å². The highest BCUT2D eigenvalue weighted by Crippen LogP contribution is 2.15. The zero-order valence-electron chi connectivity index (χ0n) is 11.6. The first kappa shape index (κ1) is 13.6. The maximum atomic E-state index is 12.3. The Hall–Kier alpha value is -1.85. The third kappa shape index (κ3) is 3.13. The number of rotatable bonds is 6. The number of hydrogen-bond donors (Lipinski definition) is 1. The molecule has 0 spiro atoms. The van der Waals surface area contributed by atoms with Gasteiger partial charge >= 0.3 is 0 Å². The van der Waals surface area contributed by atoms with Crippen LogP contribution in [0.5, 0.6) is 0 Å². The molecular formula is C13H20FN5. The first-order valence-corrected chi connectivity index (χ1v) is 6.47. The van der Waals surface area contributed by atoms with Gasteiger partial charge in [0, 0.05) is 24.3 Å². The van der Waals surface area contributed by atoms with E-state index in [9.17, 15) is 4.39 Å². The summed E-state index contributed by atoms with van der Waals surface area (Å²) in [4.78, 5) is 0.